The molecule has 1 aromatic carbocycles. The van der Waals surface area contributed by atoms with E-state index in [0.717, 1.165) is 19.3 Å². The Bertz CT molecular complexity index is 488. The Morgan fingerprint density at radius 3 is 2.58 bits per heavy atom. The normalized spacial score (nSPS) is 12.8. The summed E-state index contributed by atoms with van der Waals surface area (Å²) in [7, 11) is 0. The lowest BCUT2D eigenvalue weighted by Gasteiger charge is -2.07. The molecule has 0 aliphatic carbocycles. The molecule has 0 saturated heterocycles. The van der Waals surface area contributed by atoms with Crippen molar-refractivity contribution in [3.05, 3.63) is 54.1 Å². The van der Waals surface area contributed by atoms with Crippen LogP contribution in [0.5, 0.6) is 0 Å². The van der Waals surface area contributed by atoms with Gasteiger partial charge in [0.2, 0.25) is 0 Å². The third-order valence-corrected chi connectivity index (χ3v) is 3.93. The molecule has 0 spiro atoms. The van der Waals surface area contributed by atoms with E-state index in [-0.39, 0.29) is 5.97 Å². The zero-order valence-electron chi connectivity index (χ0n) is 15.2. The predicted octanol–water partition coefficient (Wildman–Crippen LogP) is 6.19. The van der Waals surface area contributed by atoms with Gasteiger partial charge in [0.05, 0.1) is 6.61 Å². The van der Waals surface area contributed by atoms with Crippen molar-refractivity contribution >= 4 is 12.0 Å². The first kappa shape index (κ1) is 20.2. The van der Waals surface area contributed by atoms with Crippen LogP contribution in [0.4, 0.5) is 0 Å². The molecule has 0 saturated carbocycles. The van der Waals surface area contributed by atoms with Gasteiger partial charge in [0.1, 0.15) is 0 Å². The number of ether oxygens (including phenoxy) is 1. The van der Waals surface area contributed by atoms with Gasteiger partial charge in [-0.15, -0.1) is 0 Å². The summed E-state index contributed by atoms with van der Waals surface area (Å²) in [5, 5.41) is 0. The first-order chi connectivity index (χ1) is 11.7. The molecule has 132 valence electrons. The van der Waals surface area contributed by atoms with Gasteiger partial charge < -0.3 is 4.74 Å². The third-order valence-electron chi connectivity index (χ3n) is 3.93. The van der Waals surface area contributed by atoms with Crippen LogP contribution in [-0.4, -0.2) is 12.6 Å². The third kappa shape index (κ3) is 10.8. The molecule has 0 radical (unpaired) electrons. The Morgan fingerprint density at radius 2 is 1.88 bits per heavy atom. The standard InChI is InChI=1S/C22H32O2/c1-3-4-8-13-21(17-18-22-15-10-7-11-16-22)14-9-5-6-12-19-24-20(2)23/h7,9-11,14-18,21H,3-6,8,12-13,19H2,1-2H3/b14-9+,18-17+. The van der Waals surface area contributed by atoms with E-state index in [1.54, 1.807) is 0 Å². The molecular formula is C22H32O2. The van der Waals surface area contributed by atoms with E-state index in [2.05, 4.69) is 55.5 Å². The summed E-state index contributed by atoms with van der Waals surface area (Å²) >= 11 is 0. The summed E-state index contributed by atoms with van der Waals surface area (Å²) in [5.74, 6) is 0.317. The van der Waals surface area contributed by atoms with Crippen molar-refractivity contribution in [2.45, 2.75) is 58.8 Å². The van der Waals surface area contributed by atoms with Crippen LogP contribution in [-0.2, 0) is 9.53 Å². The van der Waals surface area contributed by atoms with Crippen molar-refractivity contribution in [3.63, 3.8) is 0 Å². The van der Waals surface area contributed by atoms with Crippen molar-refractivity contribution in [1.29, 1.82) is 0 Å². The van der Waals surface area contributed by atoms with E-state index in [9.17, 15) is 4.79 Å². The van der Waals surface area contributed by atoms with Gasteiger partial charge in [-0.1, -0.05) is 80.8 Å². The van der Waals surface area contributed by atoms with Crippen LogP contribution in [0.2, 0.25) is 0 Å². The van der Waals surface area contributed by atoms with Gasteiger partial charge in [-0.3, -0.25) is 4.79 Å². The number of benzene rings is 1. The smallest absolute Gasteiger partial charge is 0.302 e. The molecule has 24 heavy (non-hydrogen) atoms. The number of hydrogen-bond donors (Lipinski definition) is 0. The number of rotatable bonds is 12. The summed E-state index contributed by atoms with van der Waals surface area (Å²) in [6.07, 6.45) is 17.2. The summed E-state index contributed by atoms with van der Waals surface area (Å²) in [6.45, 7) is 4.24. The van der Waals surface area contributed by atoms with Crippen LogP contribution < -0.4 is 0 Å². The van der Waals surface area contributed by atoms with Crippen LogP contribution in [0.15, 0.2) is 48.6 Å². The average molecular weight is 328 g/mol. The predicted molar refractivity (Wildman–Crippen MR) is 103 cm³/mol. The van der Waals surface area contributed by atoms with E-state index >= 15 is 0 Å². The molecule has 1 unspecified atom stereocenters. The van der Waals surface area contributed by atoms with Gasteiger partial charge in [0, 0.05) is 6.92 Å². The number of unbranched alkanes of at least 4 members (excludes halogenated alkanes) is 4. The highest BCUT2D eigenvalue weighted by Crippen LogP contribution is 2.16. The minimum Gasteiger partial charge on any atom is -0.466 e. The van der Waals surface area contributed by atoms with E-state index in [1.807, 2.05) is 6.07 Å². The fourth-order valence-electron chi connectivity index (χ4n) is 2.54. The Balaban J connectivity index is 2.39. The first-order valence-corrected chi connectivity index (χ1v) is 9.25. The molecule has 0 bridgehead atoms. The average Bonchev–Trinajstić information content (AvgIpc) is 2.59. The lowest BCUT2D eigenvalue weighted by molar-refractivity contribution is -0.141. The van der Waals surface area contributed by atoms with E-state index in [1.165, 1.54) is 38.2 Å². The lowest BCUT2D eigenvalue weighted by Crippen LogP contribution is -1.99. The summed E-state index contributed by atoms with van der Waals surface area (Å²) < 4.78 is 4.95. The van der Waals surface area contributed by atoms with Crippen molar-refractivity contribution in [2.24, 2.45) is 5.92 Å². The van der Waals surface area contributed by atoms with Gasteiger partial charge in [0.15, 0.2) is 0 Å². The molecule has 0 aliphatic heterocycles. The first-order valence-electron chi connectivity index (χ1n) is 9.25. The van der Waals surface area contributed by atoms with Crippen molar-refractivity contribution in [3.8, 4) is 0 Å². The monoisotopic (exact) mass is 328 g/mol. The molecule has 1 rings (SSSR count). The molecule has 0 aliphatic rings. The molecule has 0 heterocycles. The maximum Gasteiger partial charge on any atom is 0.302 e. The van der Waals surface area contributed by atoms with Crippen LogP contribution in [0, 0.1) is 5.92 Å². The van der Waals surface area contributed by atoms with Crippen molar-refractivity contribution in [1.82, 2.24) is 0 Å². The Morgan fingerprint density at radius 1 is 1.08 bits per heavy atom. The Labute approximate surface area is 147 Å². The second-order valence-corrected chi connectivity index (χ2v) is 6.19. The minimum absolute atomic E-state index is 0.187. The number of carbonyl (C=O) groups excluding carboxylic acids is 1. The quantitative estimate of drug-likeness (QED) is 0.260. The van der Waals surface area contributed by atoms with E-state index < -0.39 is 0 Å². The summed E-state index contributed by atoms with van der Waals surface area (Å²) in [6, 6.07) is 10.5. The number of esters is 1. The number of hydrogen-bond acceptors (Lipinski definition) is 2. The fourth-order valence-corrected chi connectivity index (χ4v) is 2.54. The van der Waals surface area contributed by atoms with Crippen LogP contribution in [0.25, 0.3) is 6.08 Å². The van der Waals surface area contributed by atoms with Gasteiger partial charge >= 0.3 is 5.97 Å². The lowest BCUT2D eigenvalue weighted by atomic mass is 9.98. The molecule has 2 heteroatoms. The number of carbonyl (C=O) groups is 1. The summed E-state index contributed by atoms with van der Waals surface area (Å²) in [5.41, 5.74) is 1.26. The second kappa shape index (κ2) is 13.6. The van der Waals surface area contributed by atoms with Crippen LogP contribution >= 0.6 is 0 Å². The fraction of sp³-hybridized carbons (Fsp3) is 0.500. The largest absolute Gasteiger partial charge is 0.466 e. The van der Waals surface area contributed by atoms with Gasteiger partial charge in [-0.2, -0.15) is 0 Å². The molecule has 1 atom stereocenters. The highest BCUT2D eigenvalue weighted by molar-refractivity contribution is 5.65. The van der Waals surface area contributed by atoms with Crippen LogP contribution in [0.3, 0.4) is 0 Å². The molecular weight excluding hydrogens is 296 g/mol. The zero-order chi connectivity index (χ0) is 17.5. The Kier molecular flexibility index (Phi) is 11.5. The van der Waals surface area contributed by atoms with E-state index in [0.29, 0.717) is 12.5 Å². The highest BCUT2D eigenvalue weighted by atomic mass is 16.5. The zero-order valence-corrected chi connectivity index (χ0v) is 15.2. The molecule has 0 aromatic heterocycles. The van der Waals surface area contributed by atoms with E-state index in [4.69, 9.17) is 4.74 Å². The van der Waals surface area contributed by atoms with Gasteiger partial charge in [-0.25, -0.2) is 0 Å². The molecule has 0 amide bonds. The molecule has 1 aromatic rings. The van der Waals surface area contributed by atoms with Gasteiger partial charge in [0.25, 0.3) is 0 Å². The maximum atomic E-state index is 10.7. The van der Waals surface area contributed by atoms with Crippen molar-refractivity contribution < 1.29 is 9.53 Å². The topological polar surface area (TPSA) is 26.3 Å². The molecule has 2 nitrogen and oxygen atoms in total. The molecule has 0 N–H and O–H groups in total. The summed E-state index contributed by atoms with van der Waals surface area (Å²) in [4.78, 5) is 10.7. The van der Waals surface area contributed by atoms with Gasteiger partial charge in [-0.05, 0) is 37.2 Å². The Hall–Kier alpha value is -1.83. The maximum absolute atomic E-state index is 10.7. The highest BCUT2D eigenvalue weighted by Gasteiger charge is 2.00. The minimum atomic E-state index is -0.187. The molecule has 0 fully saturated rings. The SMILES string of the molecule is CCCCCC(/C=C/CCCCOC(C)=O)/C=C/c1ccccc1. The second-order valence-electron chi connectivity index (χ2n) is 6.19. The number of allylic oxidation sites excluding steroid dienone is 3. The van der Waals surface area contributed by atoms with Crippen LogP contribution in [0.1, 0.15) is 64.4 Å². The van der Waals surface area contributed by atoms with Crippen molar-refractivity contribution in [2.75, 3.05) is 6.61 Å².